The van der Waals surface area contributed by atoms with Crippen molar-refractivity contribution in [3.8, 4) is 0 Å². The Morgan fingerprint density at radius 3 is 2.57 bits per heavy atom. The Bertz CT molecular complexity index is 655. The summed E-state index contributed by atoms with van der Waals surface area (Å²) in [6.07, 6.45) is 16.6. The second kappa shape index (κ2) is 7.60. The van der Waals surface area contributed by atoms with Gasteiger partial charge in [0.15, 0.2) is 0 Å². The summed E-state index contributed by atoms with van der Waals surface area (Å²) in [6.45, 7) is 12.4. The van der Waals surface area contributed by atoms with Crippen molar-refractivity contribution in [2.45, 2.75) is 111 Å². The van der Waals surface area contributed by atoms with Crippen molar-refractivity contribution in [3.63, 3.8) is 0 Å². The van der Waals surface area contributed by atoms with Crippen LogP contribution in [0.4, 0.5) is 0 Å². The van der Waals surface area contributed by atoms with Crippen LogP contribution in [0.3, 0.4) is 0 Å². The maximum absolute atomic E-state index is 10.2. The molecule has 0 heterocycles. The molecule has 0 aromatic carbocycles. The van der Waals surface area contributed by atoms with Gasteiger partial charge >= 0.3 is 0 Å². The van der Waals surface area contributed by atoms with E-state index < -0.39 is 0 Å². The van der Waals surface area contributed by atoms with Crippen LogP contribution in [0.1, 0.15) is 105 Å². The van der Waals surface area contributed by atoms with Crippen molar-refractivity contribution >= 4 is 0 Å². The van der Waals surface area contributed by atoms with Crippen LogP contribution in [0.25, 0.3) is 0 Å². The fourth-order valence-corrected chi connectivity index (χ4v) is 7.78. The summed E-state index contributed by atoms with van der Waals surface area (Å²) in [6, 6.07) is 0. The molecular weight excluding hydrogens is 340 g/mol. The molecule has 158 valence electrons. The van der Waals surface area contributed by atoms with E-state index in [2.05, 4.69) is 40.7 Å². The number of fused-ring (bicyclic) bond motifs is 4. The molecule has 0 radical (unpaired) electrons. The van der Waals surface area contributed by atoms with Gasteiger partial charge in [0, 0.05) is 0 Å². The molecule has 1 saturated carbocycles. The van der Waals surface area contributed by atoms with Crippen LogP contribution in [0.5, 0.6) is 0 Å². The monoisotopic (exact) mass is 384 g/mol. The van der Waals surface area contributed by atoms with E-state index in [1.165, 1.54) is 57.8 Å². The van der Waals surface area contributed by atoms with E-state index in [-0.39, 0.29) is 6.10 Å². The zero-order valence-electron chi connectivity index (χ0n) is 19.2. The molecule has 28 heavy (non-hydrogen) atoms. The number of hydrogen-bond donors (Lipinski definition) is 1. The molecule has 0 spiro atoms. The van der Waals surface area contributed by atoms with Crippen LogP contribution < -0.4 is 0 Å². The van der Waals surface area contributed by atoms with Crippen LogP contribution in [0.2, 0.25) is 0 Å². The van der Waals surface area contributed by atoms with Gasteiger partial charge in [-0.25, -0.2) is 0 Å². The van der Waals surface area contributed by atoms with E-state index in [1.807, 2.05) is 5.57 Å². The number of hydrogen-bond acceptors (Lipinski definition) is 1. The van der Waals surface area contributed by atoms with Crippen molar-refractivity contribution in [1.82, 2.24) is 0 Å². The summed E-state index contributed by atoms with van der Waals surface area (Å²) in [5.74, 6) is 3.25. The van der Waals surface area contributed by atoms with Crippen LogP contribution in [0.15, 0.2) is 22.8 Å². The van der Waals surface area contributed by atoms with Crippen molar-refractivity contribution in [2.24, 2.45) is 34.5 Å². The normalized spacial score (nSPS) is 41.4. The number of allylic oxidation sites excluding steroid dienone is 4. The third kappa shape index (κ3) is 3.34. The molecule has 4 aliphatic carbocycles. The van der Waals surface area contributed by atoms with E-state index in [4.69, 9.17) is 0 Å². The maximum Gasteiger partial charge on any atom is 0.0543 e. The summed E-state index contributed by atoms with van der Waals surface area (Å²) in [4.78, 5) is 0. The summed E-state index contributed by atoms with van der Waals surface area (Å²) in [5, 5.41) is 10.2. The van der Waals surface area contributed by atoms with E-state index in [0.29, 0.717) is 16.7 Å². The van der Waals surface area contributed by atoms with Crippen molar-refractivity contribution in [3.05, 3.63) is 22.8 Å². The third-order valence-electron chi connectivity index (χ3n) is 9.61. The fraction of sp³-hybridized carbons (Fsp3) is 0.852. The molecule has 1 N–H and O–H groups in total. The van der Waals surface area contributed by atoms with Gasteiger partial charge in [-0.15, -0.1) is 0 Å². The fourth-order valence-electron chi connectivity index (χ4n) is 7.78. The summed E-state index contributed by atoms with van der Waals surface area (Å²) in [5.41, 5.74) is 6.15. The van der Waals surface area contributed by atoms with E-state index in [9.17, 15) is 5.11 Å². The largest absolute Gasteiger partial charge is 0.393 e. The summed E-state index contributed by atoms with van der Waals surface area (Å²) in [7, 11) is 0. The summed E-state index contributed by atoms with van der Waals surface area (Å²) < 4.78 is 0. The number of aliphatic hydroxyl groups excluding tert-OH is 1. The average molecular weight is 385 g/mol. The molecule has 0 aromatic heterocycles. The SMILES string of the molecule is CC(C)CCCC(C)C1CC=C2C3=C(CCC21C)C1(C)CC[C@H](O)C[C@@H]1CC3. The van der Waals surface area contributed by atoms with Gasteiger partial charge in [0.25, 0.3) is 0 Å². The Morgan fingerprint density at radius 2 is 1.82 bits per heavy atom. The van der Waals surface area contributed by atoms with Crippen molar-refractivity contribution in [2.75, 3.05) is 0 Å². The minimum atomic E-state index is -0.0455. The van der Waals surface area contributed by atoms with Crippen molar-refractivity contribution < 1.29 is 5.11 Å². The van der Waals surface area contributed by atoms with Gasteiger partial charge in [-0.2, -0.15) is 0 Å². The standard InChI is InChI=1S/C27H44O/c1-18(2)7-6-8-19(3)23-11-12-24-22-10-9-20-17-21(28)13-15-26(20,4)25(22)14-16-27(23,24)5/h12,18-21,23,28H,6-11,13-17H2,1-5H3/t19?,20-,21-,23?,26?,27?/m0/s1. The molecule has 0 aliphatic heterocycles. The second-order valence-corrected chi connectivity index (χ2v) is 11.7. The predicted molar refractivity (Wildman–Crippen MR) is 119 cm³/mol. The first kappa shape index (κ1) is 20.7. The molecule has 4 unspecified atom stereocenters. The molecule has 0 bridgehead atoms. The van der Waals surface area contributed by atoms with Crippen LogP contribution in [-0.4, -0.2) is 11.2 Å². The Kier molecular flexibility index (Phi) is 5.62. The third-order valence-corrected chi connectivity index (χ3v) is 9.61. The van der Waals surface area contributed by atoms with Crippen LogP contribution in [-0.2, 0) is 0 Å². The minimum absolute atomic E-state index is 0.0455. The highest BCUT2D eigenvalue weighted by atomic mass is 16.3. The molecule has 0 aromatic rings. The molecule has 0 amide bonds. The Labute approximate surface area is 174 Å². The molecule has 4 aliphatic rings. The Balaban J connectivity index is 1.54. The van der Waals surface area contributed by atoms with E-state index >= 15 is 0 Å². The van der Waals surface area contributed by atoms with Gasteiger partial charge in [-0.1, -0.05) is 65.5 Å². The van der Waals surface area contributed by atoms with Gasteiger partial charge in [0.05, 0.1) is 6.10 Å². The smallest absolute Gasteiger partial charge is 0.0543 e. The number of aliphatic hydroxyl groups is 1. The van der Waals surface area contributed by atoms with Gasteiger partial charge in [0.1, 0.15) is 0 Å². The molecule has 0 saturated heterocycles. The predicted octanol–water partition coefficient (Wildman–Crippen LogP) is 7.45. The highest BCUT2D eigenvalue weighted by molar-refractivity contribution is 5.49. The highest BCUT2D eigenvalue weighted by Gasteiger charge is 2.52. The van der Waals surface area contributed by atoms with E-state index in [0.717, 1.165) is 30.6 Å². The van der Waals surface area contributed by atoms with Crippen LogP contribution >= 0.6 is 0 Å². The first-order valence-corrected chi connectivity index (χ1v) is 12.4. The minimum Gasteiger partial charge on any atom is -0.393 e. The second-order valence-electron chi connectivity index (χ2n) is 11.7. The van der Waals surface area contributed by atoms with E-state index in [1.54, 1.807) is 11.1 Å². The highest BCUT2D eigenvalue weighted by Crippen LogP contribution is 2.64. The lowest BCUT2D eigenvalue weighted by Gasteiger charge is -2.54. The molecule has 6 atom stereocenters. The zero-order chi connectivity index (χ0) is 20.1. The zero-order valence-corrected chi connectivity index (χ0v) is 19.2. The molecule has 4 rings (SSSR count). The first-order chi connectivity index (χ1) is 13.3. The van der Waals surface area contributed by atoms with Gasteiger partial charge < -0.3 is 5.11 Å². The molecule has 1 nitrogen and oxygen atoms in total. The quantitative estimate of drug-likeness (QED) is 0.521. The van der Waals surface area contributed by atoms with Gasteiger partial charge in [0.2, 0.25) is 0 Å². The Hall–Kier alpha value is -0.560. The van der Waals surface area contributed by atoms with Crippen LogP contribution in [0, 0.1) is 34.5 Å². The maximum atomic E-state index is 10.2. The molecule has 1 heteroatoms. The van der Waals surface area contributed by atoms with Gasteiger partial charge in [-0.3, -0.25) is 0 Å². The lowest BCUT2D eigenvalue weighted by molar-refractivity contribution is 0.0225. The molecule has 1 fully saturated rings. The van der Waals surface area contributed by atoms with Gasteiger partial charge in [-0.05, 0) is 97.0 Å². The first-order valence-electron chi connectivity index (χ1n) is 12.4. The lowest BCUT2D eigenvalue weighted by Crippen LogP contribution is -2.44. The van der Waals surface area contributed by atoms with Crippen molar-refractivity contribution in [1.29, 1.82) is 0 Å². The topological polar surface area (TPSA) is 20.2 Å². The number of rotatable bonds is 5. The summed E-state index contributed by atoms with van der Waals surface area (Å²) >= 11 is 0. The Morgan fingerprint density at radius 1 is 1.04 bits per heavy atom. The average Bonchev–Trinajstić information content (AvgIpc) is 2.99. The lowest BCUT2D eigenvalue weighted by atomic mass is 9.51. The molecular formula is C27H44O.